The zero-order chi connectivity index (χ0) is 15.8. The molecule has 4 rings (SSSR count). The van der Waals surface area contributed by atoms with E-state index in [0.717, 1.165) is 29.2 Å². The fraction of sp³-hybridized carbons (Fsp3) is 0.300. The number of hydrogen-bond donors (Lipinski definition) is 0. The molecule has 0 aliphatic heterocycles. The molecule has 0 atom stereocenters. The summed E-state index contributed by atoms with van der Waals surface area (Å²) in [4.78, 5) is 9.56. The van der Waals surface area contributed by atoms with Gasteiger partial charge < -0.3 is 0 Å². The lowest BCUT2D eigenvalue weighted by Gasteiger charge is -2.19. The number of benzene rings is 1. The summed E-state index contributed by atoms with van der Waals surface area (Å²) in [6.45, 7) is 4.22. The molecule has 1 aliphatic carbocycles. The quantitative estimate of drug-likeness (QED) is 0.634. The molecule has 23 heavy (non-hydrogen) atoms. The smallest absolute Gasteiger partial charge is 0.126 e. The summed E-state index contributed by atoms with van der Waals surface area (Å²) in [5, 5.41) is 3.28. The lowest BCUT2D eigenvalue weighted by molar-refractivity contribution is 0.682. The van der Waals surface area contributed by atoms with E-state index in [2.05, 4.69) is 54.7 Å². The van der Waals surface area contributed by atoms with Crippen LogP contribution >= 0.6 is 11.3 Å². The fourth-order valence-electron chi connectivity index (χ4n) is 3.34. The summed E-state index contributed by atoms with van der Waals surface area (Å²) < 4.78 is 0. The Morgan fingerprint density at radius 1 is 1.00 bits per heavy atom. The van der Waals surface area contributed by atoms with Gasteiger partial charge in [-0.3, -0.25) is 4.98 Å². The summed E-state index contributed by atoms with van der Waals surface area (Å²) in [6.07, 6.45) is 6.95. The standard InChI is InChI=1S/C20H20N2S/c1-13-7-9-15(10-8-13)18-12-23-20(22-18)19-14(2)21-11-16-5-3-4-6-17(16)19/h7-12H,3-6H2,1-2H3. The zero-order valence-corrected chi connectivity index (χ0v) is 14.4. The van der Waals surface area contributed by atoms with Crippen LogP contribution in [0.1, 0.15) is 35.2 Å². The first-order valence-electron chi connectivity index (χ1n) is 8.22. The van der Waals surface area contributed by atoms with Crippen LogP contribution in [0.25, 0.3) is 21.8 Å². The Morgan fingerprint density at radius 2 is 1.78 bits per heavy atom. The van der Waals surface area contributed by atoms with Gasteiger partial charge in [-0.2, -0.15) is 0 Å². The van der Waals surface area contributed by atoms with Crippen LogP contribution in [-0.4, -0.2) is 9.97 Å². The first-order chi connectivity index (χ1) is 11.2. The minimum Gasteiger partial charge on any atom is -0.261 e. The van der Waals surface area contributed by atoms with E-state index >= 15 is 0 Å². The second-order valence-electron chi connectivity index (χ2n) is 6.33. The van der Waals surface area contributed by atoms with Crippen LogP contribution in [0.4, 0.5) is 0 Å². The Bertz CT molecular complexity index is 847. The molecule has 0 radical (unpaired) electrons. The molecule has 3 heteroatoms. The topological polar surface area (TPSA) is 25.8 Å². The molecule has 0 spiro atoms. The van der Waals surface area contributed by atoms with Crippen molar-refractivity contribution in [3.05, 3.63) is 58.2 Å². The molecule has 2 aromatic heterocycles. The number of aromatic nitrogens is 2. The summed E-state index contributed by atoms with van der Waals surface area (Å²) in [7, 11) is 0. The molecule has 0 amide bonds. The normalized spacial score (nSPS) is 13.8. The van der Waals surface area contributed by atoms with E-state index in [1.54, 1.807) is 11.3 Å². The summed E-state index contributed by atoms with van der Waals surface area (Å²) in [6, 6.07) is 8.59. The van der Waals surface area contributed by atoms with E-state index < -0.39 is 0 Å². The van der Waals surface area contributed by atoms with Gasteiger partial charge in [-0.05, 0) is 50.7 Å². The van der Waals surface area contributed by atoms with Crippen LogP contribution in [0.2, 0.25) is 0 Å². The lowest BCUT2D eigenvalue weighted by Crippen LogP contribution is -2.07. The largest absolute Gasteiger partial charge is 0.261 e. The zero-order valence-electron chi connectivity index (χ0n) is 13.6. The maximum Gasteiger partial charge on any atom is 0.126 e. The van der Waals surface area contributed by atoms with E-state index in [9.17, 15) is 0 Å². The van der Waals surface area contributed by atoms with Crippen LogP contribution in [-0.2, 0) is 12.8 Å². The van der Waals surface area contributed by atoms with E-state index in [1.165, 1.54) is 40.7 Å². The maximum absolute atomic E-state index is 4.93. The summed E-state index contributed by atoms with van der Waals surface area (Å²) in [5.41, 5.74) is 8.83. The second kappa shape index (κ2) is 5.89. The number of thiazole rings is 1. The van der Waals surface area contributed by atoms with Crippen LogP contribution in [0.5, 0.6) is 0 Å². The van der Waals surface area contributed by atoms with Gasteiger partial charge >= 0.3 is 0 Å². The molecule has 2 nitrogen and oxygen atoms in total. The third-order valence-corrected chi connectivity index (χ3v) is 5.51. The van der Waals surface area contributed by atoms with Gasteiger partial charge in [-0.15, -0.1) is 11.3 Å². The first-order valence-corrected chi connectivity index (χ1v) is 9.10. The van der Waals surface area contributed by atoms with Crippen LogP contribution in [0.15, 0.2) is 35.8 Å². The van der Waals surface area contributed by atoms with Gasteiger partial charge in [0.05, 0.1) is 5.69 Å². The number of aryl methyl sites for hydroxylation is 3. The molecule has 1 aliphatic rings. The van der Waals surface area contributed by atoms with E-state index in [4.69, 9.17) is 4.98 Å². The molecule has 2 heterocycles. The van der Waals surface area contributed by atoms with Crippen molar-refractivity contribution < 1.29 is 0 Å². The van der Waals surface area contributed by atoms with Crippen molar-refractivity contribution in [3.8, 4) is 21.8 Å². The molecule has 0 unspecified atom stereocenters. The number of fused-ring (bicyclic) bond motifs is 1. The Kier molecular flexibility index (Phi) is 3.74. The minimum absolute atomic E-state index is 1.07. The predicted octanol–water partition coefficient (Wildman–Crippen LogP) is 5.37. The van der Waals surface area contributed by atoms with Crippen molar-refractivity contribution in [2.24, 2.45) is 0 Å². The number of pyridine rings is 1. The third kappa shape index (κ3) is 2.70. The van der Waals surface area contributed by atoms with E-state index in [0.29, 0.717) is 0 Å². The van der Waals surface area contributed by atoms with Crippen molar-refractivity contribution in [2.75, 3.05) is 0 Å². The van der Waals surface area contributed by atoms with Gasteiger partial charge in [0.15, 0.2) is 0 Å². The van der Waals surface area contributed by atoms with Crippen LogP contribution in [0, 0.1) is 13.8 Å². The highest BCUT2D eigenvalue weighted by Gasteiger charge is 2.19. The highest BCUT2D eigenvalue weighted by atomic mass is 32.1. The van der Waals surface area contributed by atoms with Crippen molar-refractivity contribution in [1.82, 2.24) is 9.97 Å². The highest BCUT2D eigenvalue weighted by molar-refractivity contribution is 7.13. The molecule has 0 bridgehead atoms. The lowest BCUT2D eigenvalue weighted by atomic mass is 9.89. The van der Waals surface area contributed by atoms with Crippen molar-refractivity contribution in [3.63, 3.8) is 0 Å². The van der Waals surface area contributed by atoms with E-state index in [-0.39, 0.29) is 0 Å². The summed E-state index contributed by atoms with van der Waals surface area (Å²) in [5.74, 6) is 0. The third-order valence-electron chi connectivity index (χ3n) is 4.65. The van der Waals surface area contributed by atoms with Crippen molar-refractivity contribution >= 4 is 11.3 Å². The Labute approximate surface area is 141 Å². The molecule has 116 valence electrons. The van der Waals surface area contributed by atoms with E-state index in [1.807, 2.05) is 0 Å². The molecule has 3 aromatic rings. The molecule has 0 N–H and O–H groups in total. The highest BCUT2D eigenvalue weighted by Crippen LogP contribution is 2.36. The van der Waals surface area contributed by atoms with Gasteiger partial charge in [-0.25, -0.2) is 4.98 Å². The van der Waals surface area contributed by atoms with Crippen molar-refractivity contribution in [1.29, 1.82) is 0 Å². The minimum atomic E-state index is 1.07. The average molecular weight is 320 g/mol. The van der Waals surface area contributed by atoms with Gasteiger partial charge in [0.1, 0.15) is 5.01 Å². The SMILES string of the molecule is Cc1ccc(-c2csc(-c3c(C)ncc4c3CCCC4)n2)cc1. The molecule has 0 saturated carbocycles. The number of nitrogens with zero attached hydrogens (tertiary/aromatic N) is 2. The number of hydrogen-bond acceptors (Lipinski definition) is 3. The molecular formula is C20H20N2S. The average Bonchev–Trinajstić information content (AvgIpc) is 3.05. The van der Waals surface area contributed by atoms with Gasteiger partial charge in [0.2, 0.25) is 0 Å². The van der Waals surface area contributed by atoms with Gasteiger partial charge in [-0.1, -0.05) is 29.8 Å². The number of rotatable bonds is 2. The maximum atomic E-state index is 4.93. The molecule has 0 saturated heterocycles. The molecule has 0 fully saturated rings. The first kappa shape index (κ1) is 14.6. The van der Waals surface area contributed by atoms with Crippen LogP contribution < -0.4 is 0 Å². The second-order valence-corrected chi connectivity index (χ2v) is 7.19. The van der Waals surface area contributed by atoms with Gasteiger partial charge in [0.25, 0.3) is 0 Å². The summed E-state index contributed by atoms with van der Waals surface area (Å²) >= 11 is 1.74. The van der Waals surface area contributed by atoms with Crippen LogP contribution in [0.3, 0.4) is 0 Å². The van der Waals surface area contributed by atoms with Gasteiger partial charge in [0, 0.05) is 28.4 Å². The Hall–Kier alpha value is -2.00. The Balaban J connectivity index is 1.79. The Morgan fingerprint density at radius 3 is 2.61 bits per heavy atom. The monoisotopic (exact) mass is 320 g/mol. The molecular weight excluding hydrogens is 300 g/mol. The molecule has 1 aromatic carbocycles. The predicted molar refractivity (Wildman–Crippen MR) is 96.9 cm³/mol. The fourth-order valence-corrected chi connectivity index (χ4v) is 4.30. The van der Waals surface area contributed by atoms with Crippen molar-refractivity contribution in [2.45, 2.75) is 39.5 Å².